The minimum Gasteiger partial charge on any atom is -0.472 e. The number of piperidine rings is 8. The highest BCUT2D eigenvalue weighted by Gasteiger charge is 2.50. The van der Waals surface area contributed by atoms with Gasteiger partial charge in [-0.25, -0.2) is 39.3 Å². The Morgan fingerprint density at radius 3 is 1.11 bits per heavy atom. The molecule has 0 aromatic carbocycles. The largest absolute Gasteiger partial charge is 0.472 e. The number of nitrogens with zero attached hydrogens (tertiary/aromatic N) is 17. The predicted octanol–water partition coefficient (Wildman–Crippen LogP) is 16.1. The molecule has 8 bridgehead atoms. The molecule has 25 nitrogen and oxygen atoms in total. The van der Waals surface area contributed by atoms with Crippen molar-refractivity contribution in [3.8, 4) is 68.9 Å². The van der Waals surface area contributed by atoms with E-state index in [0.717, 1.165) is 171 Å². The highest BCUT2D eigenvalue weighted by molar-refractivity contribution is 6.02. The first-order chi connectivity index (χ1) is 60.3. The third-order valence-electron chi connectivity index (χ3n) is 24.9. The second kappa shape index (κ2) is 37.2. The minimum absolute atomic E-state index is 0.00742. The van der Waals surface area contributed by atoms with Gasteiger partial charge < -0.3 is 38.5 Å². The molecular weight excluding hydrogens is 1560 g/mol. The maximum atomic E-state index is 13.7. The van der Waals surface area contributed by atoms with Gasteiger partial charge in [0, 0.05) is 129 Å². The van der Waals surface area contributed by atoms with Gasteiger partial charge in [0.25, 0.3) is 23.6 Å². The summed E-state index contributed by atoms with van der Waals surface area (Å²) >= 11 is 0. The van der Waals surface area contributed by atoms with Crippen molar-refractivity contribution >= 4 is 23.6 Å². The molecule has 124 heavy (non-hydrogen) atoms. The fraction of sp³-hybridized carbons (Fsp3) is 0.357. The van der Waals surface area contributed by atoms with Gasteiger partial charge in [-0.3, -0.25) is 49.1 Å². The summed E-state index contributed by atoms with van der Waals surface area (Å²) < 4.78 is 38.2. The zero-order valence-corrected chi connectivity index (χ0v) is 70.7. The molecule has 4 saturated carbocycles. The number of hydrogen-bond donors (Lipinski definition) is 0. The zero-order valence-electron chi connectivity index (χ0n) is 70.7. The van der Waals surface area contributed by atoms with Crippen molar-refractivity contribution in [1.29, 1.82) is 0 Å². The molecule has 26 heteroatoms. The normalized spacial score (nSPS) is 22.4. The van der Waals surface area contributed by atoms with E-state index >= 15 is 0 Å². The SMILES string of the molecule is Cc1ccc(OC2CC3CCC2N(C(=O)c2ccc(C)nc2-c2ccccn2)C3)nc1.Cc1ccc(OC2CC3CCC2N(C(=O)c2cccnc2-c2ncc(F)cn2)C3)nc1.Cc1ccc(OC2CC3CCC2N(C(=O)c2nc(C)ccc2-c2ccccn2)C3)nc1.Cc1ccc(OC2CC3CCC2N(C(=O)c2ncc(C)cc2-c2ccccn2)C3)nc1. The van der Waals surface area contributed by atoms with Crippen LogP contribution in [0.4, 0.5) is 4.39 Å². The lowest BCUT2D eigenvalue weighted by molar-refractivity contribution is -0.0316. The number of fused-ring (bicyclic) bond motifs is 12. The number of rotatable bonds is 16. The van der Waals surface area contributed by atoms with Gasteiger partial charge in [-0.2, -0.15) is 0 Å². The minimum atomic E-state index is -0.536. The van der Waals surface area contributed by atoms with E-state index in [2.05, 4.69) is 64.8 Å². The molecule has 12 fully saturated rings. The van der Waals surface area contributed by atoms with Gasteiger partial charge in [-0.1, -0.05) is 42.5 Å². The molecule has 0 spiro atoms. The summed E-state index contributed by atoms with van der Waals surface area (Å²) in [6.07, 6.45) is 29.7. The van der Waals surface area contributed by atoms with Gasteiger partial charge in [-0.05, 0) is 256 Å². The van der Waals surface area contributed by atoms with Crippen LogP contribution in [0.3, 0.4) is 0 Å². The summed E-state index contributed by atoms with van der Waals surface area (Å²) in [5.74, 6) is 3.65. The van der Waals surface area contributed by atoms with E-state index in [-0.39, 0.29) is 78.0 Å². The van der Waals surface area contributed by atoms with E-state index in [1.165, 1.54) is 0 Å². The van der Waals surface area contributed by atoms with Crippen LogP contribution in [0.1, 0.15) is 158 Å². The van der Waals surface area contributed by atoms with E-state index in [1.54, 1.807) is 49.3 Å². The zero-order chi connectivity index (χ0) is 85.5. The van der Waals surface area contributed by atoms with Crippen LogP contribution in [0.15, 0.2) is 214 Å². The van der Waals surface area contributed by atoms with Crippen molar-refractivity contribution in [3.63, 3.8) is 0 Å². The summed E-state index contributed by atoms with van der Waals surface area (Å²) in [5, 5.41) is 0. The molecule has 4 amide bonds. The molecule has 4 aliphatic carbocycles. The number of carbonyl (C=O) groups is 4. The first kappa shape index (κ1) is 83.0. The molecular formula is C98H100FN17O8. The molecule has 12 aromatic heterocycles. The van der Waals surface area contributed by atoms with Crippen LogP contribution in [-0.4, -0.2) is 183 Å². The van der Waals surface area contributed by atoms with Crippen molar-refractivity contribution < 1.29 is 42.5 Å². The smallest absolute Gasteiger partial charge is 0.273 e. The van der Waals surface area contributed by atoms with Crippen LogP contribution in [0, 0.1) is 78.0 Å². The second-order valence-electron chi connectivity index (χ2n) is 34.0. The summed E-state index contributed by atoms with van der Waals surface area (Å²) in [6, 6.07) is 45.8. The van der Waals surface area contributed by atoms with Crippen LogP contribution in [0.5, 0.6) is 23.5 Å². The lowest BCUT2D eigenvalue weighted by Crippen LogP contribution is -2.59. The summed E-state index contributed by atoms with van der Waals surface area (Å²) in [4.78, 5) is 120. The van der Waals surface area contributed by atoms with E-state index < -0.39 is 5.82 Å². The van der Waals surface area contributed by atoms with E-state index in [9.17, 15) is 23.6 Å². The van der Waals surface area contributed by atoms with Crippen LogP contribution >= 0.6 is 0 Å². The lowest BCUT2D eigenvalue weighted by atomic mass is 9.77. The number of carbonyl (C=O) groups excluding carboxylic acids is 4. The van der Waals surface area contributed by atoms with Gasteiger partial charge in [0.05, 0.1) is 64.8 Å². The van der Waals surface area contributed by atoms with Crippen molar-refractivity contribution in [1.82, 2.24) is 84.4 Å². The fourth-order valence-corrected chi connectivity index (χ4v) is 18.8. The number of ether oxygens (including phenoxy) is 4. The van der Waals surface area contributed by atoms with Crippen molar-refractivity contribution in [2.24, 2.45) is 23.7 Å². The average Bonchev–Trinajstić information content (AvgIpc) is 0.776. The highest BCUT2D eigenvalue weighted by atomic mass is 19.1. The Kier molecular flexibility index (Phi) is 24.9. The topological polar surface area (TPSA) is 286 Å². The quantitative estimate of drug-likeness (QED) is 0.0868. The van der Waals surface area contributed by atoms with E-state index in [4.69, 9.17) is 18.9 Å². The van der Waals surface area contributed by atoms with Gasteiger partial charge in [0.1, 0.15) is 47.2 Å². The lowest BCUT2D eigenvalue weighted by Gasteiger charge is -2.49. The molecule has 12 unspecified atom stereocenters. The van der Waals surface area contributed by atoms with Crippen LogP contribution in [0.25, 0.3) is 45.4 Å². The Labute approximate surface area is 720 Å². The molecule has 12 atom stereocenters. The number of hydrogen-bond acceptors (Lipinski definition) is 21. The Balaban J connectivity index is 0.000000117. The molecule has 8 aliphatic heterocycles. The molecule has 12 aliphatic rings. The molecule has 0 N–H and O–H groups in total. The summed E-state index contributed by atoms with van der Waals surface area (Å²) in [6.45, 7) is 16.8. The maximum absolute atomic E-state index is 13.7. The highest BCUT2D eigenvalue weighted by Crippen LogP contribution is 2.44. The van der Waals surface area contributed by atoms with Gasteiger partial charge in [-0.15, -0.1) is 0 Å². The Bertz CT molecular complexity index is 5580. The number of aromatic nitrogens is 13. The third-order valence-corrected chi connectivity index (χ3v) is 24.9. The molecule has 12 aromatic rings. The first-order valence-electron chi connectivity index (χ1n) is 43.0. The predicted molar refractivity (Wildman–Crippen MR) is 464 cm³/mol. The van der Waals surface area contributed by atoms with Crippen molar-refractivity contribution in [2.45, 2.75) is 174 Å². The monoisotopic (exact) mass is 1660 g/mol. The molecule has 24 rings (SSSR count). The van der Waals surface area contributed by atoms with Crippen molar-refractivity contribution in [3.05, 3.63) is 281 Å². The van der Waals surface area contributed by atoms with E-state index in [1.807, 2.05) is 220 Å². The molecule has 8 saturated heterocycles. The average molecular weight is 1660 g/mol. The Morgan fingerprint density at radius 2 is 0.702 bits per heavy atom. The molecule has 632 valence electrons. The van der Waals surface area contributed by atoms with Gasteiger partial charge in [0.2, 0.25) is 23.5 Å². The van der Waals surface area contributed by atoms with Crippen molar-refractivity contribution in [2.75, 3.05) is 26.2 Å². The maximum Gasteiger partial charge on any atom is 0.273 e. The van der Waals surface area contributed by atoms with E-state index in [0.29, 0.717) is 93.3 Å². The standard InChI is InChI=1S/3C25H26N4O2.C23H22FN5O2/c1-16-6-11-23(27-14-16)31-22-13-18-8-10-21(22)29(15-18)25(30)19-9-7-17(2)28-24(19)20-5-3-4-12-26-20;1-16-6-11-23(27-14-16)31-22-13-18-8-10-21(22)29(15-18)25(30)24-19(9-7-17(2)28-24)20-5-3-4-12-26-20;1-16-6-9-23(27-13-16)31-22-12-18-7-8-21(22)29(15-18)25(30)24-19(11-17(2)14-28-24)20-5-3-4-10-26-20;1-14-4-7-20(26-10-14)31-19-9-15-5-6-18(19)29(13-15)23(30)17-3-2-8-25-21(17)22-27-11-16(24)12-28-22/h2*3-7,9,11-12,14,18,21-22H,8,10,13,15H2,1-2H3;3-6,9-11,13-14,18,21-22H,7-8,12,15H2,1-2H3;2-4,7-8,10-12,15,18-19H,5-6,9,13H2,1H3. The number of aryl methyl sites for hydroxylation is 7. The van der Waals surface area contributed by atoms with Gasteiger partial charge in [0.15, 0.2) is 11.6 Å². The van der Waals surface area contributed by atoms with Crippen LogP contribution in [0.2, 0.25) is 0 Å². The van der Waals surface area contributed by atoms with Gasteiger partial charge >= 0.3 is 0 Å². The number of amides is 4. The third kappa shape index (κ3) is 18.9. The Morgan fingerprint density at radius 1 is 0.323 bits per heavy atom. The molecule has 0 radical (unpaired) electrons. The summed E-state index contributed by atoms with van der Waals surface area (Å²) in [7, 11) is 0. The number of pyridine rings is 11. The number of halogens is 1. The van der Waals surface area contributed by atoms with Crippen LogP contribution in [-0.2, 0) is 0 Å². The van der Waals surface area contributed by atoms with Crippen LogP contribution < -0.4 is 18.9 Å². The summed E-state index contributed by atoms with van der Waals surface area (Å²) in [5.41, 5.74) is 13.8. The Hall–Kier alpha value is -13.3. The molecule has 20 heterocycles. The first-order valence-corrected chi connectivity index (χ1v) is 43.0. The second-order valence-corrected chi connectivity index (χ2v) is 34.0. The fourth-order valence-electron chi connectivity index (χ4n) is 18.8.